The zero-order valence-corrected chi connectivity index (χ0v) is 14.5. The summed E-state index contributed by atoms with van der Waals surface area (Å²) in [5.41, 5.74) is 1.23. The quantitative estimate of drug-likeness (QED) is 0.660. The van der Waals surface area contributed by atoms with Gasteiger partial charge in [-0.2, -0.15) is 5.26 Å². The van der Waals surface area contributed by atoms with Crippen LogP contribution in [0.25, 0.3) is 0 Å². The highest BCUT2D eigenvalue weighted by atomic mass is 16.6. The molecule has 3 rings (SSSR count). The van der Waals surface area contributed by atoms with Crippen LogP contribution in [0.4, 0.5) is 11.4 Å². The van der Waals surface area contributed by atoms with Crippen molar-refractivity contribution in [3.05, 3.63) is 63.7 Å². The standard InChI is InChI=1S/C19H18N4O4/c20-13-15-4-1-2-5-16(15)21-8-3-9-22(11-10-21)19(25)14-6-7-17(23(26)27)18(24)12-14/h1-2,4-7,12,24H,3,8-11H2. The van der Waals surface area contributed by atoms with E-state index in [9.17, 15) is 25.3 Å². The number of amides is 1. The molecular weight excluding hydrogens is 348 g/mol. The van der Waals surface area contributed by atoms with E-state index in [4.69, 9.17) is 0 Å². The number of phenols is 1. The number of nitro benzene ring substituents is 1. The molecule has 0 spiro atoms. The summed E-state index contributed by atoms with van der Waals surface area (Å²) in [6.45, 7) is 2.27. The molecule has 1 amide bonds. The first-order valence-corrected chi connectivity index (χ1v) is 8.52. The van der Waals surface area contributed by atoms with Gasteiger partial charge in [0.25, 0.3) is 5.91 Å². The maximum atomic E-state index is 12.7. The Hall–Kier alpha value is -3.60. The number of hydrogen-bond donors (Lipinski definition) is 1. The Morgan fingerprint density at radius 2 is 1.93 bits per heavy atom. The molecule has 0 unspecified atom stereocenters. The Bertz CT molecular complexity index is 922. The minimum atomic E-state index is -0.694. The van der Waals surface area contributed by atoms with Crippen LogP contribution in [0, 0.1) is 21.4 Å². The van der Waals surface area contributed by atoms with E-state index < -0.39 is 16.4 Å². The highest BCUT2D eigenvalue weighted by molar-refractivity contribution is 5.95. The number of phenolic OH excluding ortho intramolecular Hbond substituents is 1. The van der Waals surface area contributed by atoms with Crippen LogP contribution in [-0.4, -0.2) is 47.0 Å². The minimum absolute atomic E-state index is 0.212. The lowest BCUT2D eigenvalue weighted by Gasteiger charge is -2.24. The number of nitriles is 1. The number of carbonyl (C=O) groups excluding carboxylic acids is 1. The van der Waals surface area contributed by atoms with Crippen molar-refractivity contribution in [3.8, 4) is 11.8 Å². The van der Waals surface area contributed by atoms with Crippen molar-refractivity contribution in [2.45, 2.75) is 6.42 Å². The van der Waals surface area contributed by atoms with Gasteiger partial charge in [-0.15, -0.1) is 0 Å². The third-order valence-electron chi connectivity index (χ3n) is 4.57. The van der Waals surface area contributed by atoms with E-state index in [-0.39, 0.29) is 11.5 Å². The van der Waals surface area contributed by atoms with Gasteiger partial charge in [-0.1, -0.05) is 12.1 Å². The molecule has 1 aliphatic rings. The maximum absolute atomic E-state index is 12.7. The van der Waals surface area contributed by atoms with Gasteiger partial charge in [0.2, 0.25) is 0 Å². The molecule has 8 nitrogen and oxygen atoms in total. The van der Waals surface area contributed by atoms with E-state index in [0.29, 0.717) is 31.7 Å². The minimum Gasteiger partial charge on any atom is -0.502 e. The first-order valence-electron chi connectivity index (χ1n) is 8.52. The van der Waals surface area contributed by atoms with Gasteiger partial charge in [-0.25, -0.2) is 0 Å². The van der Waals surface area contributed by atoms with Crippen LogP contribution in [0.2, 0.25) is 0 Å². The summed E-state index contributed by atoms with van der Waals surface area (Å²) in [7, 11) is 0. The van der Waals surface area contributed by atoms with Crippen LogP contribution >= 0.6 is 0 Å². The zero-order valence-electron chi connectivity index (χ0n) is 14.5. The van der Waals surface area contributed by atoms with Crippen molar-refractivity contribution >= 4 is 17.3 Å². The molecule has 1 heterocycles. The molecular formula is C19H18N4O4. The van der Waals surface area contributed by atoms with E-state index in [1.807, 2.05) is 18.2 Å². The number of benzene rings is 2. The molecule has 138 valence electrons. The molecule has 1 fully saturated rings. The van der Waals surface area contributed by atoms with Crippen molar-refractivity contribution < 1.29 is 14.8 Å². The molecule has 0 atom stereocenters. The summed E-state index contributed by atoms with van der Waals surface area (Å²) in [4.78, 5) is 26.6. The Balaban J connectivity index is 1.74. The predicted octanol–water partition coefficient (Wildman–Crippen LogP) is 2.52. The van der Waals surface area contributed by atoms with Gasteiger partial charge in [0.05, 0.1) is 16.2 Å². The lowest BCUT2D eigenvalue weighted by molar-refractivity contribution is -0.385. The fraction of sp³-hybridized carbons (Fsp3) is 0.263. The smallest absolute Gasteiger partial charge is 0.310 e. The third kappa shape index (κ3) is 3.82. The molecule has 1 N–H and O–H groups in total. The largest absolute Gasteiger partial charge is 0.502 e. The van der Waals surface area contributed by atoms with Crippen LogP contribution < -0.4 is 4.90 Å². The number of aromatic hydroxyl groups is 1. The molecule has 1 aliphatic heterocycles. The monoisotopic (exact) mass is 366 g/mol. The summed E-state index contributed by atoms with van der Waals surface area (Å²) in [6, 6.07) is 13.2. The SMILES string of the molecule is N#Cc1ccccc1N1CCCN(C(=O)c2ccc([N+](=O)[O-])c(O)c2)CC1. The van der Waals surface area contributed by atoms with Gasteiger partial charge < -0.3 is 14.9 Å². The number of hydrogen-bond acceptors (Lipinski definition) is 6. The number of anilines is 1. The summed E-state index contributed by atoms with van der Waals surface area (Å²) >= 11 is 0. The lowest BCUT2D eigenvalue weighted by Crippen LogP contribution is -2.35. The second-order valence-electron chi connectivity index (χ2n) is 6.22. The van der Waals surface area contributed by atoms with Crippen molar-refractivity contribution in [1.82, 2.24) is 4.90 Å². The van der Waals surface area contributed by atoms with Crippen LogP contribution in [0.3, 0.4) is 0 Å². The highest BCUT2D eigenvalue weighted by Gasteiger charge is 2.23. The average molecular weight is 366 g/mol. The predicted molar refractivity (Wildman–Crippen MR) is 98.7 cm³/mol. The van der Waals surface area contributed by atoms with E-state index in [2.05, 4.69) is 11.0 Å². The van der Waals surface area contributed by atoms with E-state index in [1.165, 1.54) is 6.07 Å². The van der Waals surface area contributed by atoms with Gasteiger partial charge in [-0.3, -0.25) is 14.9 Å². The molecule has 0 saturated carbocycles. The van der Waals surface area contributed by atoms with E-state index >= 15 is 0 Å². The van der Waals surface area contributed by atoms with Gasteiger partial charge >= 0.3 is 5.69 Å². The van der Waals surface area contributed by atoms with Gasteiger partial charge in [0.15, 0.2) is 5.75 Å². The van der Waals surface area contributed by atoms with Crippen LogP contribution in [-0.2, 0) is 0 Å². The highest BCUT2D eigenvalue weighted by Crippen LogP contribution is 2.27. The zero-order chi connectivity index (χ0) is 19.4. The molecule has 0 aliphatic carbocycles. The van der Waals surface area contributed by atoms with Crippen LogP contribution in [0.15, 0.2) is 42.5 Å². The normalized spacial score (nSPS) is 14.3. The van der Waals surface area contributed by atoms with Crippen molar-refractivity contribution in [3.63, 3.8) is 0 Å². The number of para-hydroxylation sites is 1. The number of rotatable bonds is 3. The Morgan fingerprint density at radius 3 is 2.63 bits per heavy atom. The van der Waals surface area contributed by atoms with Crippen LogP contribution in [0.5, 0.6) is 5.75 Å². The molecule has 2 aromatic rings. The molecule has 0 bridgehead atoms. The molecule has 0 aromatic heterocycles. The fourth-order valence-electron chi connectivity index (χ4n) is 3.20. The van der Waals surface area contributed by atoms with Crippen molar-refractivity contribution in [2.75, 3.05) is 31.1 Å². The summed E-state index contributed by atoms with van der Waals surface area (Å²) < 4.78 is 0. The topological polar surface area (TPSA) is 111 Å². The maximum Gasteiger partial charge on any atom is 0.310 e. The number of nitrogens with zero attached hydrogens (tertiary/aromatic N) is 4. The molecule has 1 saturated heterocycles. The Morgan fingerprint density at radius 1 is 1.15 bits per heavy atom. The summed E-state index contributed by atoms with van der Waals surface area (Å²) in [5.74, 6) is -0.805. The molecule has 0 radical (unpaired) electrons. The average Bonchev–Trinajstić information content (AvgIpc) is 2.93. The van der Waals surface area contributed by atoms with Gasteiger partial charge in [0, 0.05) is 37.8 Å². The first-order chi connectivity index (χ1) is 13.0. The number of nitro groups is 1. The Labute approximate surface area is 156 Å². The second kappa shape index (κ2) is 7.74. The molecule has 8 heteroatoms. The van der Waals surface area contributed by atoms with E-state index in [0.717, 1.165) is 24.2 Å². The first kappa shape index (κ1) is 18.2. The second-order valence-corrected chi connectivity index (χ2v) is 6.22. The summed E-state index contributed by atoms with van der Waals surface area (Å²) in [5, 5.41) is 29.8. The Kier molecular flexibility index (Phi) is 5.22. The van der Waals surface area contributed by atoms with Crippen molar-refractivity contribution in [1.29, 1.82) is 5.26 Å². The van der Waals surface area contributed by atoms with Gasteiger partial charge in [-0.05, 0) is 30.7 Å². The fourth-order valence-corrected chi connectivity index (χ4v) is 3.20. The van der Waals surface area contributed by atoms with Gasteiger partial charge in [0.1, 0.15) is 6.07 Å². The molecule has 2 aromatic carbocycles. The third-order valence-corrected chi connectivity index (χ3v) is 4.57. The van der Waals surface area contributed by atoms with Crippen molar-refractivity contribution in [2.24, 2.45) is 0 Å². The van der Waals surface area contributed by atoms with Crippen LogP contribution in [0.1, 0.15) is 22.3 Å². The summed E-state index contributed by atoms with van der Waals surface area (Å²) in [6.07, 6.45) is 0.727. The lowest BCUT2D eigenvalue weighted by atomic mass is 10.1. The molecule has 27 heavy (non-hydrogen) atoms. The van der Waals surface area contributed by atoms with E-state index in [1.54, 1.807) is 11.0 Å². The number of carbonyl (C=O) groups is 1.